The first-order valence-electron chi connectivity index (χ1n) is 8.04. The molecular formula is C15H31N3. The molecule has 0 radical (unpaired) electrons. The topological polar surface area (TPSA) is 18.5 Å². The van der Waals surface area contributed by atoms with E-state index in [1.165, 1.54) is 71.4 Å². The smallest absolute Gasteiger partial charge is 0.0223 e. The summed E-state index contributed by atoms with van der Waals surface area (Å²) in [6.07, 6.45) is 6.81. The molecule has 2 saturated heterocycles. The summed E-state index contributed by atoms with van der Waals surface area (Å²) in [5, 5.41) is 3.57. The Hall–Kier alpha value is -0.120. The Morgan fingerprint density at radius 3 is 2.44 bits per heavy atom. The van der Waals surface area contributed by atoms with Gasteiger partial charge in [-0.25, -0.2) is 0 Å². The molecule has 1 unspecified atom stereocenters. The first-order chi connectivity index (χ1) is 8.85. The van der Waals surface area contributed by atoms with Crippen molar-refractivity contribution in [3.8, 4) is 0 Å². The van der Waals surface area contributed by atoms with Crippen LogP contribution in [-0.4, -0.2) is 61.2 Å². The van der Waals surface area contributed by atoms with E-state index in [2.05, 4.69) is 29.0 Å². The molecule has 106 valence electrons. The van der Waals surface area contributed by atoms with Crippen LogP contribution in [0.3, 0.4) is 0 Å². The van der Waals surface area contributed by atoms with Crippen molar-refractivity contribution in [2.75, 3.05) is 39.3 Å². The average molecular weight is 253 g/mol. The van der Waals surface area contributed by atoms with Gasteiger partial charge in [0.15, 0.2) is 0 Å². The standard InChI is InChI=1S/C15H31N3/c1-3-10-17-11-7-14(8-12-17)18(4-2)15-6-5-9-16-13-15/h14-16H,3-13H2,1-2H3. The normalized spacial score (nSPS) is 27.8. The predicted molar refractivity (Wildman–Crippen MR) is 78.0 cm³/mol. The molecule has 2 aliphatic rings. The highest BCUT2D eigenvalue weighted by Gasteiger charge is 2.28. The van der Waals surface area contributed by atoms with Gasteiger partial charge in [-0.15, -0.1) is 0 Å². The average Bonchev–Trinajstić information content (AvgIpc) is 2.43. The Morgan fingerprint density at radius 2 is 1.89 bits per heavy atom. The molecule has 0 aromatic rings. The molecule has 0 amide bonds. The van der Waals surface area contributed by atoms with Crippen molar-refractivity contribution < 1.29 is 0 Å². The van der Waals surface area contributed by atoms with E-state index in [1.54, 1.807) is 0 Å². The summed E-state index contributed by atoms with van der Waals surface area (Å²) in [5.74, 6) is 0. The summed E-state index contributed by atoms with van der Waals surface area (Å²) in [6.45, 7) is 12.2. The number of hydrogen-bond donors (Lipinski definition) is 1. The first-order valence-corrected chi connectivity index (χ1v) is 8.04. The third kappa shape index (κ3) is 3.69. The number of rotatable bonds is 5. The van der Waals surface area contributed by atoms with Gasteiger partial charge in [0.05, 0.1) is 0 Å². The maximum Gasteiger partial charge on any atom is 0.0223 e. The lowest BCUT2D eigenvalue weighted by molar-refractivity contribution is 0.0671. The Bertz CT molecular complexity index is 218. The summed E-state index contributed by atoms with van der Waals surface area (Å²) >= 11 is 0. The van der Waals surface area contributed by atoms with Crippen LogP contribution in [0.1, 0.15) is 46.0 Å². The van der Waals surface area contributed by atoms with Crippen LogP contribution in [0.2, 0.25) is 0 Å². The lowest BCUT2D eigenvalue weighted by atomic mass is 9.97. The second-order valence-electron chi connectivity index (χ2n) is 5.90. The van der Waals surface area contributed by atoms with Crippen LogP contribution in [-0.2, 0) is 0 Å². The van der Waals surface area contributed by atoms with Crippen molar-refractivity contribution in [2.45, 2.75) is 58.0 Å². The molecule has 3 heteroatoms. The summed E-state index contributed by atoms with van der Waals surface area (Å²) in [4.78, 5) is 5.43. The SMILES string of the molecule is CCCN1CCC(N(CC)C2CCCNC2)CC1. The molecule has 1 N–H and O–H groups in total. The van der Waals surface area contributed by atoms with Crippen LogP contribution >= 0.6 is 0 Å². The summed E-state index contributed by atoms with van der Waals surface area (Å²) in [5.41, 5.74) is 0. The molecule has 0 spiro atoms. The molecule has 0 aromatic heterocycles. The van der Waals surface area contributed by atoms with E-state index in [0.717, 1.165) is 12.1 Å². The van der Waals surface area contributed by atoms with Crippen molar-refractivity contribution in [2.24, 2.45) is 0 Å². The van der Waals surface area contributed by atoms with Gasteiger partial charge >= 0.3 is 0 Å². The fourth-order valence-corrected chi connectivity index (χ4v) is 3.72. The maximum atomic E-state index is 3.57. The molecule has 2 rings (SSSR count). The molecule has 2 fully saturated rings. The first kappa shape index (κ1) is 14.3. The highest BCUT2D eigenvalue weighted by Crippen LogP contribution is 2.21. The van der Waals surface area contributed by atoms with Crippen LogP contribution < -0.4 is 5.32 Å². The number of nitrogens with one attached hydrogen (secondary N) is 1. The van der Waals surface area contributed by atoms with Crippen molar-refractivity contribution in [1.29, 1.82) is 0 Å². The Labute approximate surface area is 113 Å². The third-order valence-electron chi connectivity index (χ3n) is 4.67. The predicted octanol–water partition coefficient (Wildman–Crippen LogP) is 1.93. The highest BCUT2D eigenvalue weighted by molar-refractivity contribution is 4.86. The van der Waals surface area contributed by atoms with Gasteiger partial charge in [-0.1, -0.05) is 13.8 Å². The zero-order valence-corrected chi connectivity index (χ0v) is 12.3. The molecule has 1 atom stereocenters. The highest BCUT2D eigenvalue weighted by atomic mass is 15.2. The zero-order valence-electron chi connectivity index (χ0n) is 12.3. The van der Waals surface area contributed by atoms with Crippen LogP contribution in [0.15, 0.2) is 0 Å². The van der Waals surface area contributed by atoms with E-state index in [-0.39, 0.29) is 0 Å². The monoisotopic (exact) mass is 253 g/mol. The summed E-state index contributed by atoms with van der Waals surface area (Å²) < 4.78 is 0. The molecule has 3 nitrogen and oxygen atoms in total. The summed E-state index contributed by atoms with van der Waals surface area (Å²) in [6, 6.07) is 1.64. The van der Waals surface area contributed by atoms with Crippen LogP contribution in [0, 0.1) is 0 Å². The molecular weight excluding hydrogens is 222 g/mol. The minimum Gasteiger partial charge on any atom is -0.315 e. The number of likely N-dealkylation sites (N-methyl/N-ethyl adjacent to an activating group) is 1. The molecule has 2 heterocycles. The molecule has 0 bridgehead atoms. The van der Waals surface area contributed by atoms with Gasteiger partial charge < -0.3 is 10.2 Å². The zero-order chi connectivity index (χ0) is 12.8. The van der Waals surface area contributed by atoms with Gasteiger partial charge in [-0.2, -0.15) is 0 Å². The number of likely N-dealkylation sites (tertiary alicyclic amines) is 1. The molecule has 2 aliphatic heterocycles. The Balaban J connectivity index is 1.81. The fourth-order valence-electron chi connectivity index (χ4n) is 3.72. The number of piperidine rings is 2. The van der Waals surface area contributed by atoms with E-state index in [4.69, 9.17) is 0 Å². The van der Waals surface area contributed by atoms with Gasteiger partial charge in [-0.3, -0.25) is 4.90 Å². The van der Waals surface area contributed by atoms with Crippen molar-refractivity contribution in [3.05, 3.63) is 0 Å². The minimum absolute atomic E-state index is 0.798. The van der Waals surface area contributed by atoms with E-state index in [1.807, 2.05) is 0 Å². The lowest BCUT2D eigenvalue weighted by Gasteiger charge is -2.43. The molecule has 0 aromatic carbocycles. The quantitative estimate of drug-likeness (QED) is 0.808. The second-order valence-corrected chi connectivity index (χ2v) is 5.90. The Kier molecular flexibility index (Phi) is 5.93. The molecule has 0 aliphatic carbocycles. The van der Waals surface area contributed by atoms with Crippen molar-refractivity contribution in [1.82, 2.24) is 15.1 Å². The van der Waals surface area contributed by atoms with Crippen molar-refractivity contribution >= 4 is 0 Å². The lowest BCUT2D eigenvalue weighted by Crippen LogP contribution is -2.53. The third-order valence-corrected chi connectivity index (χ3v) is 4.67. The molecule has 0 saturated carbocycles. The van der Waals surface area contributed by atoms with E-state index < -0.39 is 0 Å². The van der Waals surface area contributed by atoms with E-state index >= 15 is 0 Å². The second kappa shape index (κ2) is 7.46. The van der Waals surface area contributed by atoms with Gasteiger partial charge in [-0.05, 0) is 64.8 Å². The van der Waals surface area contributed by atoms with Gasteiger partial charge in [0.2, 0.25) is 0 Å². The maximum absolute atomic E-state index is 3.57. The number of hydrogen-bond acceptors (Lipinski definition) is 3. The Morgan fingerprint density at radius 1 is 1.11 bits per heavy atom. The van der Waals surface area contributed by atoms with E-state index in [9.17, 15) is 0 Å². The summed E-state index contributed by atoms with van der Waals surface area (Å²) in [7, 11) is 0. The largest absolute Gasteiger partial charge is 0.315 e. The van der Waals surface area contributed by atoms with Gasteiger partial charge in [0.1, 0.15) is 0 Å². The van der Waals surface area contributed by atoms with Crippen LogP contribution in [0.25, 0.3) is 0 Å². The van der Waals surface area contributed by atoms with Gasteiger partial charge in [0, 0.05) is 18.6 Å². The van der Waals surface area contributed by atoms with Gasteiger partial charge in [0.25, 0.3) is 0 Å². The fraction of sp³-hybridized carbons (Fsp3) is 1.00. The van der Waals surface area contributed by atoms with Crippen molar-refractivity contribution in [3.63, 3.8) is 0 Å². The minimum atomic E-state index is 0.798. The molecule has 18 heavy (non-hydrogen) atoms. The van der Waals surface area contributed by atoms with Crippen LogP contribution in [0.5, 0.6) is 0 Å². The van der Waals surface area contributed by atoms with Crippen LogP contribution in [0.4, 0.5) is 0 Å². The number of nitrogens with zero attached hydrogens (tertiary/aromatic N) is 2. The van der Waals surface area contributed by atoms with E-state index in [0.29, 0.717) is 0 Å².